The highest BCUT2D eigenvalue weighted by atomic mass is 16.5. The number of nitrogens with zero attached hydrogens (tertiary/aromatic N) is 2. The highest BCUT2D eigenvalue weighted by Gasteiger charge is 2.26. The minimum Gasteiger partial charge on any atom is -0.497 e. The number of benzene rings is 3. The van der Waals surface area contributed by atoms with Gasteiger partial charge in [-0.05, 0) is 43.3 Å². The third kappa shape index (κ3) is 6.50. The van der Waals surface area contributed by atoms with Crippen LogP contribution in [0.25, 0.3) is 0 Å². The van der Waals surface area contributed by atoms with E-state index < -0.39 is 0 Å². The average molecular weight is 488 g/mol. The Balaban J connectivity index is 1.26. The molecule has 7 heteroatoms. The van der Waals surface area contributed by atoms with Gasteiger partial charge in [-0.2, -0.15) is 0 Å². The van der Waals surface area contributed by atoms with Crippen LogP contribution in [0.15, 0.2) is 78.9 Å². The quantitative estimate of drug-likeness (QED) is 0.437. The summed E-state index contributed by atoms with van der Waals surface area (Å²) >= 11 is 0. The lowest BCUT2D eigenvalue weighted by Gasteiger charge is -2.37. The topological polar surface area (TPSA) is 71.1 Å². The fourth-order valence-corrected chi connectivity index (χ4v) is 4.28. The maximum atomic E-state index is 13.1. The Morgan fingerprint density at radius 1 is 0.861 bits per heavy atom. The lowest BCUT2D eigenvalue weighted by molar-refractivity contribution is -0.121. The van der Waals surface area contributed by atoms with E-state index in [9.17, 15) is 9.59 Å². The zero-order valence-corrected chi connectivity index (χ0v) is 20.9. The van der Waals surface area contributed by atoms with Crippen molar-refractivity contribution in [3.05, 3.63) is 90.0 Å². The fourth-order valence-electron chi connectivity index (χ4n) is 4.28. The fraction of sp³-hybridized carbons (Fsp3) is 0.310. The van der Waals surface area contributed by atoms with E-state index in [0.29, 0.717) is 23.4 Å². The molecule has 188 valence electrons. The van der Waals surface area contributed by atoms with Crippen LogP contribution < -0.4 is 14.8 Å². The zero-order chi connectivity index (χ0) is 25.3. The number of carbonyl (C=O) groups is 2. The summed E-state index contributed by atoms with van der Waals surface area (Å²) in [4.78, 5) is 30.6. The normalized spacial score (nSPS) is 15.2. The maximum absolute atomic E-state index is 13.1. The van der Waals surface area contributed by atoms with Gasteiger partial charge in [0.25, 0.3) is 0 Å². The van der Waals surface area contributed by atoms with Crippen molar-refractivity contribution in [3.63, 3.8) is 0 Å². The van der Waals surface area contributed by atoms with Crippen LogP contribution in [0.2, 0.25) is 0 Å². The Hall–Kier alpha value is -3.68. The third-order valence-electron chi connectivity index (χ3n) is 6.54. The Morgan fingerprint density at radius 3 is 2.19 bits per heavy atom. The van der Waals surface area contributed by atoms with Crippen LogP contribution in [-0.2, 0) is 4.79 Å². The van der Waals surface area contributed by atoms with E-state index in [4.69, 9.17) is 9.47 Å². The molecule has 0 bridgehead atoms. The van der Waals surface area contributed by atoms with E-state index in [-0.39, 0.29) is 17.7 Å². The van der Waals surface area contributed by atoms with Crippen LogP contribution >= 0.6 is 0 Å². The van der Waals surface area contributed by atoms with Crippen LogP contribution in [-0.4, -0.2) is 74.0 Å². The molecule has 1 N–H and O–H groups in total. The molecule has 1 atom stereocenters. The largest absolute Gasteiger partial charge is 0.497 e. The monoisotopic (exact) mass is 487 g/mol. The molecule has 0 aliphatic carbocycles. The lowest BCUT2D eigenvalue weighted by Crippen LogP contribution is -2.53. The van der Waals surface area contributed by atoms with Crippen LogP contribution in [0.5, 0.6) is 11.5 Å². The molecule has 0 radical (unpaired) electrons. The Bertz CT molecular complexity index is 1140. The first kappa shape index (κ1) is 25.4. The van der Waals surface area contributed by atoms with Crippen molar-refractivity contribution in [2.24, 2.45) is 0 Å². The molecule has 1 saturated heterocycles. The second kappa shape index (κ2) is 12.3. The molecule has 0 spiro atoms. The molecule has 0 aromatic heterocycles. The summed E-state index contributed by atoms with van der Waals surface area (Å²) < 4.78 is 11.0. The van der Waals surface area contributed by atoms with Crippen LogP contribution in [0, 0.1) is 0 Å². The first-order valence-electron chi connectivity index (χ1n) is 12.3. The van der Waals surface area contributed by atoms with Gasteiger partial charge in [0.1, 0.15) is 18.1 Å². The standard InChI is InChI=1S/C29H33N3O4/c1-22(29(34)30-27-11-7-6-10-26(27)28(33)23-8-4-3-5-9-23)32-18-16-31(17-19-32)20-21-36-25-14-12-24(35-2)13-15-25/h3-15,22H,16-21H2,1-2H3,(H,30,34). The van der Waals surface area contributed by atoms with E-state index in [1.54, 1.807) is 31.4 Å². The average Bonchev–Trinajstić information content (AvgIpc) is 2.94. The van der Waals surface area contributed by atoms with Gasteiger partial charge in [0.05, 0.1) is 18.8 Å². The van der Waals surface area contributed by atoms with E-state index >= 15 is 0 Å². The number of piperazine rings is 1. The van der Waals surface area contributed by atoms with Crippen molar-refractivity contribution in [3.8, 4) is 11.5 Å². The van der Waals surface area contributed by atoms with Crippen LogP contribution in [0.1, 0.15) is 22.8 Å². The molecule has 7 nitrogen and oxygen atoms in total. The van der Waals surface area contributed by atoms with Gasteiger partial charge in [-0.15, -0.1) is 0 Å². The molecule has 1 aliphatic rings. The van der Waals surface area contributed by atoms with Crippen LogP contribution in [0.4, 0.5) is 5.69 Å². The SMILES string of the molecule is COc1ccc(OCCN2CCN(C(C)C(=O)Nc3ccccc3C(=O)c3ccccc3)CC2)cc1. The molecular weight excluding hydrogens is 454 g/mol. The highest BCUT2D eigenvalue weighted by Crippen LogP contribution is 2.21. The van der Waals surface area contributed by atoms with Gasteiger partial charge in [-0.25, -0.2) is 0 Å². The van der Waals surface area contributed by atoms with Gasteiger partial charge in [0.15, 0.2) is 5.78 Å². The number of ketones is 1. The molecule has 1 heterocycles. The van der Waals surface area contributed by atoms with E-state index in [2.05, 4.69) is 15.1 Å². The number of ether oxygens (including phenoxy) is 2. The second-order valence-corrected chi connectivity index (χ2v) is 8.81. The highest BCUT2D eigenvalue weighted by molar-refractivity contribution is 6.14. The molecule has 3 aromatic rings. The number of carbonyl (C=O) groups excluding carboxylic acids is 2. The molecule has 36 heavy (non-hydrogen) atoms. The smallest absolute Gasteiger partial charge is 0.241 e. The zero-order valence-electron chi connectivity index (χ0n) is 20.9. The van der Waals surface area contributed by atoms with Gasteiger partial charge in [0.2, 0.25) is 5.91 Å². The van der Waals surface area contributed by atoms with Crippen molar-refractivity contribution in [1.82, 2.24) is 9.80 Å². The number of anilines is 1. The minimum atomic E-state index is -0.303. The van der Waals surface area contributed by atoms with Crippen molar-refractivity contribution < 1.29 is 19.1 Å². The Kier molecular flexibility index (Phi) is 8.71. The molecule has 0 saturated carbocycles. The molecule has 1 aliphatic heterocycles. The van der Waals surface area contributed by atoms with Gasteiger partial charge in [0, 0.05) is 43.9 Å². The van der Waals surface area contributed by atoms with Gasteiger partial charge in [-0.1, -0.05) is 42.5 Å². The van der Waals surface area contributed by atoms with Crippen molar-refractivity contribution in [1.29, 1.82) is 0 Å². The van der Waals surface area contributed by atoms with Crippen molar-refractivity contribution in [2.45, 2.75) is 13.0 Å². The Labute approximate surface area is 212 Å². The summed E-state index contributed by atoms with van der Waals surface area (Å²) in [6, 6.07) is 23.6. The number of hydrogen-bond donors (Lipinski definition) is 1. The van der Waals surface area contributed by atoms with Crippen molar-refractivity contribution >= 4 is 17.4 Å². The number of methoxy groups -OCH3 is 1. The van der Waals surface area contributed by atoms with E-state index in [1.807, 2.05) is 61.5 Å². The number of para-hydroxylation sites is 1. The lowest BCUT2D eigenvalue weighted by atomic mass is 10.0. The molecule has 4 rings (SSSR count). The van der Waals surface area contributed by atoms with E-state index in [1.165, 1.54) is 0 Å². The summed E-state index contributed by atoms with van der Waals surface area (Å²) in [5, 5.41) is 2.99. The summed E-state index contributed by atoms with van der Waals surface area (Å²) in [6.07, 6.45) is 0. The number of nitrogens with one attached hydrogen (secondary N) is 1. The number of rotatable bonds is 10. The van der Waals surface area contributed by atoms with Gasteiger partial charge in [-0.3, -0.25) is 19.4 Å². The minimum absolute atomic E-state index is 0.107. The Morgan fingerprint density at radius 2 is 1.50 bits per heavy atom. The first-order chi connectivity index (χ1) is 17.5. The van der Waals surface area contributed by atoms with Gasteiger partial charge >= 0.3 is 0 Å². The summed E-state index contributed by atoms with van der Waals surface area (Å²) in [7, 11) is 1.64. The van der Waals surface area contributed by atoms with Crippen molar-refractivity contribution in [2.75, 3.05) is 51.8 Å². The summed E-state index contributed by atoms with van der Waals surface area (Å²) in [5.41, 5.74) is 1.63. The van der Waals surface area contributed by atoms with E-state index in [0.717, 1.165) is 44.2 Å². The second-order valence-electron chi connectivity index (χ2n) is 8.81. The molecule has 1 amide bonds. The summed E-state index contributed by atoms with van der Waals surface area (Å²) in [5.74, 6) is 1.41. The number of amides is 1. The molecular formula is C29H33N3O4. The summed E-state index contributed by atoms with van der Waals surface area (Å²) in [6.45, 7) is 6.67. The van der Waals surface area contributed by atoms with Crippen LogP contribution in [0.3, 0.4) is 0 Å². The molecule has 1 fully saturated rings. The molecule has 3 aromatic carbocycles. The third-order valence-corrected chi connectivity index (χ3v) is 6.54. The van der Waals surface area contributed by atoms with Gasteiger partial charge < -0.3 is 14.8 Å². The molecule has 1 unspecified atom stereocenters. The maximum Gasteiger partial charge on any atom is 0.241 e. The first-order valence-corrected chi connectivity index (χ1v) is 12.3. The predicted molar refractivity (Wildman–Crippen MR) is 141 cm³/mol. The number of hydrogen-bond acceptors (Lipinski definition) is 6. The predicted octanol–water partition coefficient (Wildman–Crippen LogP) is 3.95.